The number of thioether (sulfide) groups is 1. The summed E-state index contributed by atoms with van der Waals surface area (Å²) in [7, 11) is 0. The molecule has 2 heterocycles. The van der Waals surface area contributed by atoms with Gasteiger partial charge in [0.2, 0.25) is 0 Å². The van der Waals surface area contributed by atoms with Crippen molar-refractivity contribution in [3.05, 3.63) is 47.1 Å². The topological polar surface area (TPSA) is 35.0 Å². The molecule has 0 saturated heterocycles. The van der Waals surface area contributed by atoms with Gasteiger partial charge in [-0.1, -0.05) is 25.1 Å². The molecule has 0 amide bonds. The number of thiophene rings is 1. The zero-order valence-corrected chi connectivity index (χ0v) is 16.0. The number of rotatable bonds is 6. The summed E-state index contributed by atoms with van der Waals surface area (Å²) in [6, 6.07) is 10.0. The van der Waals surface area contributed by atoms with Crippen LogP contribution in [0.5, 0.6) is 5.75 Å². The summed E-state index contributed by atoms with van der Waals surface area (Å²) >= 11 is 3.71. The molecule has 0 saturated carbocycles. The number of aromatic nitrogens is 2. The molecule has 5 heteroatoms. The second-order valence-corrected chi connectivity index (χ2v) is 8.74. The molecule has 25 heavy (non-hydrogen) atoms. The minimum Gasteiger partial charge on any atom is -0.494 e. The van der Waals surface area contributed by atoms with Crippen molar-refractivity contribution < 1.29 is 4.74 Å². The average molecular weight is 371 g/mol. The summed E-state index contributed by atoms with van der Waals surface area (Å²) in [5.41, 5.74) is 1.52. The summed E-state index contributed by atoms with van der Waals surface area (Å²) in [6.07, 6.45) is 6.38. The standard InChI is InChI=1S/C20H22N2OS2/c1-14-8-9-16-17(12-14)25-20-18(16)19(21-13-22-20)24-11-5-10-23-15-6-3-2-4-7-15/h2-4,6-7,13-14H,5,8-12H2,1H3. The predicted molar refractivity (Wildman–Crippen MR) is 106 cm³/mol. The van der Waals surface area contributed by atoms with E-state index in [0.29, 0.717) is 0 Å². The van der Waals surface area contributed by atoms with Gasteiger partial charge < -0.3 is 4.74 Å². The fraction of sp³-hybridized carbons (Fsp3) is 0.400. The molecule has 0 radical (unpaired) electrons. The van der Waals surface area contributed by atoms with Crippen LogP contribution in [-0.2, 0) is 12.8 Å². The van der Waals surface area contributed by atoms with Crippen molar-refractivity contribution in [2.24, 2.45) is 5.92 Å². The first kappa shape index (κ1) is 16.9. The van der Waals surface area contributed by atoms with Crippen LogP contribution in [0.2, 0.25) is 0 Å². The fourth-order valence-corrected chi connectivity index (χ4v) is 5.65. The smallest absolute Gasteiger partial charge is 0.128 e. The molecule has 1 aliphatic rings. The summed E-state index contributed by atoms with van der Waals surface area (Å²) in [6.45, 7) is 3.09. The molecule has 0 spiro atoms. The number of hydrogen-bond donors (Lipinski definition) is 0. The minimum atomic E-state index is 0.741. The Bertz CT molecular complexity index is 848. The molecule has 0 fully saturated rings. The maximum Gasteiger partial charge on any atom is 0.128 e. The maximum absolute atomic E-state index is 5.77. The van der Waals surface area contributed by atoms with Gasteiger partial charge in [0, 0.05) is 16.0 Å². The van der Waals surface area contributed by atoms with Crippen LogP contribution < -0.4 is 4.74 Å². The first-order chi connectivity index (χ1) is 12.3. The normalized spacial score (nSPS) is 16.8. The highest BCUT2D eigenvalue weighted by atomic mass is 32.2. The third-order valence-corrected chi connectivity index (χ3v) is 6.83. The lowest BCUT2D eigenvalue weighted by Gasteiger charge is -2.18. The van der Waals surface area contributed by atoms with Gasteiger partial charge in [0.1, 0.15) is 21.9 Å². The van der Waals surface area contributed by atoms with Gasteiger partial charge >= 0.3 is 0 Å². The Morgan fingerprint density at radius 1 is 1.24 bits per heavy atom. The number of para-hydroxylation sites is 1. The molecule has 1 aliphatic carbocycles. The highest BCUT2D eigenvalue weighted by molar-refractivity contribution is 7.99. The van der Waals surface area contributed by atoms with E-state index in [9.17, 15) is 0 Å². The molecule has 0 N–H and O–H groups in total. The number of nitrogens with zero attached hydrogens (tertiary/aromatic N) is 2. The van der Waals surface area contributed by atoms with Crippen molar-refractivity contribution in [3.63, 3.8) is 0 Å². The van der Waals surface area contributed by atoms with Gasteiger partial charge in [-0.3, -0.25) is 0 Å². The molecule has 1 aromatic carbocycles. The molecule has 0 aliphatic heterocycles. The van der Waals surface area contributed by atoms with Crippen molar-refractivity contribution in [1.29, 1.82) is 0 Å². The van der Waals surface area contributed by atoms with Crippen molar-refractivity contribution >= 4 is 33.3 Å². The summed E-state index contributed by atoms with van der Waals surface area (Å²) in [5, 5.41) is 2.47. The number of ether oxygens (including phenoxy) is 1. The van der Waals surface area contributed by atoms with Crippen LogP contribution in [-0.4, -0.2) is 22.3 Å². The van der Waals surface area contributed by atoms with Crippen LogP contribution in [0.15, 0.2) is 41.7 Å². The highest BCUT2D eigenvalue weighted by Crippen LogP contribution is 2.40. The molecular weight excluding hydrogens is 348 g/mol. The molecule has 2 aromatic heterocycles. The van der Waals surface area contributed by atoms with Crippen molar-refractivity contribution in [3.8, 4) is 5.75 Å². The van der Waals surface area contributed by atoms with Gasteiger partial charge in [-0.05, 0) is 49.3 Å². The third kappa shape index (κ3) is 3.82. The zero-order valence-electron chi connectivity index (χ0n) is 14.4. The fourth-order valence-electron chi connectivity index (χ4n) is 3.29. The van der Waals surface area contributed by atoms with Gasteiger partial charge in [-0.25, -0.2) is 9.97 Å². The average Bonchev–Trinajstić information content (AvgIpc) is 3.00. The first-order valence-electron chi connectivity index (χ1n) is 8.87. The molecule has 4 rings (SSSR count). The number of hydrogen-bond acceptors (Lipinski definition) is 5. The van der Waals surface area contributed by atoms with E-state index in [2.05, 4.69) is 16.9 Å². The summed E-state index contributed by atoms with van der Waals surface area (Å²) < 4.78 is 5.77. The van der Waals surface area contributed by atoms with Crippen LogP contribution in [0.25, 0.3) is 10.2 Å². The lowest BCUT2D eigenvalue weighted by atomic mass is 9.89. The molecule has 0 bridgehead atoms. The van der Waals surface area contributed by atoms with Crippen molar-refractivity contribution in [2.45, 2.75) is 37.6 Å². The van der Waals surface area contributed by atoms with Crippen LogP contribution >= 0.6 is 23.1 Å². The van der Waals surface area contributed by atoms with Gasteiger partial charge in [-0.2, -0.15) is 0 Å². The Kier molecular flexibility index (Phi) is 5.22. The summed E-state index contributed by atoms with van der Waals surface area (Å²) in [4.78, 5) is 11.8. The molecule has 1 unspecified atom stereocenters. The van der Waals surface area contributed by atoms with E-state index in [1.54, 1.807) is 6.33 Å². The van der Waals surface area contributed by atoms with E-state index in [-0.39, 0.29) is 0 Å². The number of aryl methyl sites for hydroxylation is 1. The molecule has 130 valence electrons. The van der Waals surface area contributed by atoms with Gasteiger partial charge in [0.05, 0.1) is 6.61 Å². The Morgan fingerprint density at radius 2 is 2.12 bits per heavy atom. The lowest BCUT2D eigenvalue weighted by Crippen LogP contribution is -2.08. The van der Waals surface area contributed by atoms with Crippen molar-refractivity contribution in [1.82, 2.24) is 9.97 Å². The van der Waals surface area contributed by atoms with E-state index in [1.807, 2.05) is 53.4 Å². The molecule has 3 nitrogen and oxygen atoms in total. The van der Waals surface area contributed by atoms with Crippen molar-refractivity contribution in [2.75, 3.05) is 12.4 Å². The maximum atomic E-state index is 5.77. The van der Waals surface area contributed by atoms with Crippen LogP contribution in [0.1, 0.15) is 30.2 Å². The molecule has 1 atom stereocenters. The summed E-state index contributed by atoms with van der Waals surface area (Å²) in [5.74, 6) is 2.75. The molecular formula is C20H22N2OS2. The third-order valence-electron chi connectivity index (χ3n) is 4.60. The second-order valence-electron chi connectivity index (χ2n) is 6.57. The quantitative estimate of drug-likeness (QED) is 0.332. The van der Waals surface area contributed by atoms with E-state index < -0.39 is 0 Å². The van der Waals surface area contributed by atoms with Crippen LogP contribution in [0.4, 0.5) is 0 Å². The SMILES string of the molecule is CC1CCc2c(sc3ncnc(SCCCOc4ccccc4)c23)C1. The number of benzene rings is 1. The van der Waals surface area contributed by atoms with E-state index in [1.165, 1.54) is 35.1 Å². The van der Waals surface area contributed by atoms with Gasteiger partial charge in [0.15, 0.2) is 0 Å². The monoisotopic (exact) mass is 370 g/mol. The minimum absolute atomic E-state index is 0.741. The number of fused-ring (bicyclic) bond motifs is 3. The zero-order chi connectivity index (χ0) is 17.1. The Labute approximate surface area is 156 Å². The van der Waals surface area contributed by atoms with E-state index in [4.69, 9.17) is 4.74 Å². The molecule has 3 aromatic rings. The second kappa shape index (κ2) is 7.75. The Hall–Kier alpha value is -1.59. The Morgan fingerprint density at radius 3 is 3.00 bits per heavy atom. The van der Waals surface area contributed by atoms with Crippen LogP contribution in [0.3, 0.4) is 0 Å². The van der Waals surface area contributed by atoms with Gasteiger partial charge in [-0.15, -0.1) is 23.1 Å². The van der Waals surface area contributed by atoms with E-state index in [0.717, 1.165) is 40.3 Å². The Balaban J connectivity index is 1.40. The largest absolute Gasteiger partial charge is 0.494 e. The first-order valence-corrected chi connectivity index (χ1v) is 10.7. The lowest BCUT2D eigenvalue weighted by molar-refractivity contribution is 0.318. The highest BCUT2D eigenvalue weighted by Gasteiger charge is 2.22. The van der Waals surface area contributed by atoms with Gasteiger partial charge in [0.25, 0.3) is 0 Å². The van der Waals surface area contributed by atoms with E-state index >= 15 is 0 Å². The predicted octanol–water partition coefficient (Wildman–Crippen LogP) is 5.38. The van der Waals surface area contributed by atoms with Crippen LogP contribution in [0, 0.1) is 5.92 Å².